The van der Waals surface area contributed by atoms with Gasteiger partial charge in [-0.3, -0.25) is 14.2 Å². The third-order valence-corrected chi connectivity index (χ3v) is 5.10. The molecule has 2 aromatic rings. The number of thioether (sulfide) groups is 1. The second-order valence-electron chi connectivity index (χ2n) is 6.59. The Bertz CT molecular complexity index is 804. The van der Waals surface area contributed by atoms with Crippen LogP contribution in [0.3, 0.4) is 0 Å². The first-order valence-corrected chi connectivity index (χ1v) is 9.75. The number of nitrogens with one attached hydrogen (secondary N) is 1. The second kappa shape index (κ2) is 9.73. The summed E-state index contributed by atoms with van der Waals surface area (Å²) in [5.74, 6) is 0.380. The summed E-state index contributed by atoms with van der Waals surface area (Å²) in [7, 11) is 1.59. The lowest BCUT2D eigenvalue weighted by Crippen LogP contribution is -2.34. The number of rotatable bonds is 9. The molecule has 0 aliphatic heterocycles. The van der Waals surface area contributed by atoms with Crippen molar-refractivity contribution in [2.75, 3.05) is 20.3 Å². The predicted octanol–water partition coefficient (Wildman–Crippen LogP) is 2.69. The van der Waals surface area contributed by atoms with Crippen molar-refractivity contribution < 1.29 is 9.53 Å². The number of ether oxygens (including phenoxy) is 1. The highest BCUT2D eigenvalue weighted by atomic mass is 32.2. The Hall–Kier alpha value is -1.86. The normalized spacial score (nSPS) is 12.5. The summed E-state index contributed by atoms with van der Waals surface area (Å²) in [6.45, 7) is 7.59. The molecular formula is C19H27N3O3S. The average molecular weight is 378 g/mol. The Balaban J connectivity index is 2.30. The number of para-hydroxylation sites is 1. The van der Waals surface area contributed by atoms with Crippen LogP contribution in [0.15, 0.2) is 34.2 Å². The van der Waals surface area contributed by atoms with Crippen LogP contribution in [0, 0.1) is 5.92 Å². The molecule has 0 saturated heterocycles. The van der Waals surface area contributed by atoms with Gasteiger partial charge in [0, 0.05) is 20.2 Å². The molecule has 0 spiro atoms. The molecule has 0 unspecified atom stereocenters. The van der Waals surface area contributed by atoms with Gasteiger partial charge in [-0.15, -0.1) is 0 Å². The van der Waals surface area contributed by atoms with Crippen LogP contribution in [0.2, 0.25) is 0 Å². The number of benzene rings is 1. The quantitative estimate of drug-likeness (QED) is 0.413. The van der Waals surface area contributed by atoms with Crippen LogP contribution < -0.4 is 10.9 Å². The van der Waals surface area contributed by atoms with Gasteiger partial charge in [-0.1, -0.05) is 37.7 Å². The van der Waals surface area contributed by atoms with Crippen LogP contribution >= 0.6 is 11.8 Å². The number of amides is 1. The topological polar surface area (TPSA) is 73.2 Å². The molecule has 26 heavy (non-hydrogen) atoms. The van der Waals surface area contributed by atoms with E-state index in [-0.39, 0.29) is 16.7 Å². The summed E-state index contributed by atoms with van der Waals surface area (Å²) < 4.78 is 6.65. The lowest BCUT2D eigenvalue weighted by atomic mass is 10.1. The highest BCUT2D eigenvalue weighted by Gasteiger charge is 2.19. The van der Waals surface area contributed by atoms with Gasteiger partial charge in [0.15, 0.2) is 5.16 Å². The largest absolute Gasteiger partial charge is 0.383 e. The summed E-state index contributed by atoms with van der Waals surface area (Å²) in [5, 5.41) is 3.66. The Labute approximate surface area is 158 Å². The van der Waals surface area contributed by atoms with E-state index in [0.29, 0.717) is 41.7 Å². The zero-order valence-corrected chi connectivity index (χ0v) is 16.6. The molecule has 0 aliphatic carbocycles. The van der Waals surface area contributed by atoms with Gasteiger partial charge in [0.1, 0.15) is 0 Å². The summed E-state index contributed by atoms with van der Waals surface area (Å²) in [5.41, 5.74) is 0.610. The zero-order valence-electron chi connectivity index (χ0n) is 15.8. The SMILES string of the molecule is COCCNC(=O)[C@@H](C)Sc1nc2ccccc2c(=O)n1CCC(C)C. The molecule has 1 aromatic carbocycles. The molecule has 7 heteroatoms. The standard InChI is InChI=1S/C19H27N3O3S/c1-13(2)9-11-22-18(24)15-7-5-6-8-16(15)21-19(22)26-14(3)17(23)20-10-12-25-4/h5-8,13-14H,9-12H2,1-4H3,(H,20,23)/t14-/m1/s1. The van der Waals surface area contributed by atoms with Gasteiger partial charge in [0.2, 0.25) is 5.91 Å². The Morgan fingerprint density at radius 3 is 2.73 bits per heavy atom. The van der Waals surface area contributed by atoms with E-state index in [0.717, 1.165) is 6.42 Å². The van der Waals surface area contributed by atoms with E-state index in [9.17, 15) is 9.59 Å². The molecule has 0 bridgehead atoms. The fourth-order valence-electron chi connectivity index (χ4n) is 2.45. The molecule has 1 atom stereocenters. The van der Waals surface area contributed by atoms with Crippen LogP contribution in [0.25, 0.3) is 10.9 Å². The van der Waals surface area contributed by atoms with E-state index in [1.54, 1.807) is 17.7 Å². The average Bonchev–Trinajstić information content (AvgIpc) is 2.61. The monoisotopic (exact) mass is 377 g/mol. The van der Waals surface area contributed by atoms with Crippen LogP contribution in [-0.4, -0.2) is 41.0 Å². The molecule has 2 rings (SSSR count). The number of fused-ring (bicyclic) bond motifs is 1. The fraction of sp³-hybridized carbons (Fsp3) is 0.526. The van der Waals surface area contributed by atoms with Gasteiger partial charge < -0.3 is 10.1 Å². The van der Waals surface area contributed by atoms with Crippen molar-refractivity contribution in [1.82, 2.24) is 14.9 Å². The van der Waals surface area contributed by atoms with E-state index in [1.807, 2.05) is 25.1 Å². The molecule has 1 heterocycles. The molecular weight excluding hydrogens is 350 g/mol. The smallest absolute Gasteiger partial charge is 0.262 e. The summed E-state index contributed by atoms with van der Waals surface area (Å²) in [4.78, 5) is 29.8. The number of hydrogen-bond donors (Lipinski definition) is 1. The molecule has 6 nitrogen and oxygen atoms in total. The van der Waals surface area contributed by atoms with Crippen molar-refractivity contribution in [3.8, 4) is 0 Å². The first-order valence-electron chi connectivity index (χ1n) is 8.87. The van der Waals surface area contributed by atoms with Gasteiger partial charge >= 0.3 is 0 Å². The summed E-state index contributed by atoms with van der Waals surface area (Å²) in [6, 6.07) is 7.34. The van der Waals surface area contributed by atoms with Crippen molar-refractivity contribution in [1.29, 1.82) is 0 Å². The van der Waals surface area contributed by atoms with Gasteiger partial charge in [0.25, 0.3) is 5.56 Å². The first-order chi connectivity index (χ1) is 12.4. The Morgan fingerprint density at radius 1 is 1.31 bits per heavy atom. The number of carbonyl (C=O) groups is 1. The minimum atomic E-state index is -0.356. The molecule has 142 valence electrons. The minimum absolute atomic E-state index is 0.0502. The van der Waals surface area contributed by atoms with Crippen molar-refractivity contribution in [2.45, 2.75) is 44.1 Å². The zero-order chi connectivity index (χ0) is 19.1. The summed E-state index contributed by atoms with van der Waals surface area (Å²) >= 11 is 1.32. The van der Waals surface area contributed by atoms with Gasteiger partial charge in [-0.05, 0) is 31.4 Å². The molecule has 1 N–H and O–H groups in total. The molecule has 1 aromatic heterocycles. The van der Waals surface area contributed by atoms with E-state index in [1.165, 1.54) is 11.8 Å². The van der Waals surface area contributed by atoms with E-state index < -0.39 is 0 Å². The lowest BCUT2D eigenvalue weighted by Gasteiger charge is -2.17. The molecule has 0 radical (unpaired) electrons. The Morgan fingerprint density at radius 2 is 2.04 bits per heavy atom. The third-order valence-electron chi connectivity index (χ3n) is 4.01. The summed E-state index contributed by atoms with van der Waals surface area (Å²) in [6.07, 6.45) is 0.877. The van der Waals surface area contributed by atoms with Gasteiger partial charge in [0.05, 0.1) is 22.8 Å². The number of carbonyl (C=O) groups excluding carboxylic acids is 1. The maximum Gasteiger partial charge on any atom is 0.262 e. The highest BCUT2D eigenvalue weighted by Crippen LogP contribution is 2.23. The molecule has 0 saturated carbocycles. The number of methoxy groups -OCH3 is 1. The van der Waals surface area contributed by atoms with Crippen LogP contribution in [0.4, 0.5) is 0 Å². The number of nitrogens with zero attached hydrogens (tertiary/aromatic N) is 2. The van der Waals surface area contributed by atoms with Crippen LogP contribution in [0.5, 0.6) is 0 Å². The van der Waals surface area contributed by atoms with Crippen molar-refractivity contribution in [3.63, 3.8) is 0 Å². The third kappa shape index (κ3) is 5.32. The molecule has 0 aliphatic rings. The van der Waals surface area contributed by atoms with Crippen molar-refractivity contribution >= 4 is 28.6 Å². The number of hydrogen-bond acceptors (Lipinski definition) is 5. The van der Waals surface area contributed by atoms with Crippen molar-refractivity contribution in [2.24, 2.45) is 5.92 Å². The van der Waals surface area contributed by atoms with Gasteiger partial charge in [-0.2, -0.15) is 0 Å². The van der Waals surface area contributed by atoms with Gasteiger partial charge in [-0.25, -0.2) is 4.98 Å². The highest BCUT2D eigenvalue weighted by molar-refractivity contribution is 8.00. The number of aromatic nitrogens is 2. The molecule has 0 fully saturated rings. The fourth-order valence-corrected chi connectivity index (χ4v) is 3.41. The van der Waals surface area contributed by atoms with Crippen molar-refractivity contribution in [3.05, 3.63) is 34.6 Å². The molecule has 1 amide bonds. The van der Waals surface area contributed by atoms with E-state index in [2.05, 4.69) is 24.1 Å². The maximum atomic E-state index is 12.9. The van der Waals surface area contributed by atoms with E-state index >= 15 is 0 Å². The predicted molar refractivity (Wildman–Crippen MR) is 106 cm³/mol. The Kier molecular flexibility index (Phi) is 7.66. The second-order valence-corrected chi connectivity index (χ2v) is 7.90. The minimum Gasteiger partial charge on any atom is -0.383 e. The van der Waals surface area contributed by atoms with Crippen LogP contribution in [0.1, 0.15) is 27.2 Å². The maximum absolute atomic E-state index is 12.9. The lowest BCUT2D eigenvalue weighted by molar-refractivity contribution is -0.120. The first kappa shape index (κ1) is 20.5. The van der Waals surface area contributed by atoms with E-state index in [4.69, 9.17) is 4.74 Å². The van der Waals surface area contributed by atoms with Crippen LogP contribution in [-0.2, 0) is 16.1 Å².